The number of rotatable bonds is 12. The highest BCUT2D eigenvalue weighted by molar-refractivity contribution is 9.10. The second kappa shape index (κ2) is 11.1. The van der Waals surface area contributed by atoms with Crippen molar-refractivity contribution >= 4 is 56.8 Å². The molecule has 0 saturated heterocycles. The Labute approximate surface area is 199 Å². The molecule has 8 N–H and O–H groups in total. The normalized spacial score (nSPS) is 13.6. The third-order valence-electron chi connectivity index (χ3n) is 5.11. The van der Waals surface area contributed by atoms with Crippen molar-refractivity contribution in [1.29, 1.82) is 0 Å². The number of carbonyl (C=O) groups is 3. The molecular weight excluding hydrogens is 492 g/mol. The number of hydrogen-bond donors (Lipinski definition) is 6. The Hall–Kier alpha value is -3.25. The molecule has 33 heavy (non-hydrogen) atoms. The zero-order valence-corrected chi connectivity index (χ0v) is 19.6. The van der Waals surface area contributed by atoms with Gasteiger partial charge >= 0.3 is 0 Å². The molecule has 1 aliphatic rings. The Balaban J connectivity index is 1.50. The van der Waals surface area contributed by atoms with E-state index in [1.807, 2.05) is 6.07 Å². The van der Waals surface area contributed by atoms with Crippen molar-refractivity contribution in [1.82, 2.24) is 15.3 Å². The molecule has 2 aromatic rings. The van der Waals surface area contributed by atoms with Crippen molar-refractivity contribution in [2.75, 3.05) is 35.6 Å². The van der Waals surface area contributed by atoms with Gasteiger partial charge in [-0.25, -0.2) is 4.98 Å². The van der Waals surface area contributed by atoms with E-state index in [9.17, 15) is 14.4 Å². The van der Waals surface area contributed by atoms with Crippen LogP contribution < -0.4 is 32.7 Å². The number of benzene rings is 1. The van der Waals surface area contributed by atoms with Crippen LogP contribution in [0.3, 0.4) is 0 Å². The number of nitrogens with zero attached hydrogens (tertiary/aromatic N) is 2. The van der Waals surface area contributed by atoms with Gasteiger partial charge in [-0.2, -0.15) is 4.98 Å². The summed E-state index contributed by atoms with van der Waals surface area (Å²) in [6.07, 6.45) is 3.52. The quantitative estimate of drug-likeness (QED) is 0.180. The van der Waals surface area contributed by atoms with E-state index in [-0.39, 0.29) is 24.8 Å². The van der Waals surface area contributed by atoms with Gasteiger partial charge in [-0.05, 0) is 53.4 Å². The fourth-order valence-electron chi connectivity index (χ4n) is 3.09. The first-order chi connectivity index (χ1) is 15.8. The lowest BCUT2D eigenvalue weighted by Gasteiger charge is -2.13. The number of hydrogen-bond acceptors (Lipinski definition) is 8. The Kier molecular flexibility index (Phi) is 8.17. The lowest BCUT2D eigenvalue weighted by Crippen LogP contribution is -2.41. The van der Waals surface area contributed by atoms with Gasteiger partial charge in [0, 0.05) is 43.6 Å². The number of aromatic nitrogens is 2. The van der Waals surface area contributed by atoms with Crippen LogP contribution in [0.4, 0.5) is 23.1 Å². The SMILES string of the molecule is NCCC(=O)Nc1cccc(Nc2ncc(Br)c(NCCCNC(=O)C3(C(N)=O)CC3)n2)c1. The van der Waals surface area contributed by atoms with E-state index in [1.54, 1.807) is 24.4 Å². The minimum absolute atomic E-state index is 0.154. The summed E-state index contributed by atoms with van der Waals surface area (Å²) in [6.45, 7) is 1.24. The molecule has 0 radical (unpaired) electrons. The third kappa shape index (κ3) is 6.62. The zero-order chi connectivity index (χ0) is 23.8. The summed E-state index contributed by atoms with van der Waals surface area (Å²) in [7, 11) is 0. The van der Waals surface area contributed by atoms with Crippen LogP contribution in [0.25, 0.3) is 0 Å². The molecule has 3 rings (SSSR count). The lowest BCUT2D eigenvalue weighted by atomic mass is 10.1. The van der Waals surface area contributed by atoms with Gasteiger partial charge in [0.2, 0.25) is 23.7 Å². The van der Waals surface area contributed by atoms with Gasteiger partial charge in [0.25, 0.3) is 0 Å². The summed E-state index contributed by atoms with van der Waals surface area (Å²) in [6, 6.07) is 7.19. The van der Waals surface area contributed by atoms with E-state index in [1.165, 1.54) is 0 Å². The standard InChI is InChI=1S/C21H27BrN8O3/c22-15-12-27-20(29-14-4-1-3-13(11-14)28-16(31)5-8-23)30-17(15)25-9-2-10-26-19(33)21(6-7-21)18(24)32/h1,3-4,11-12H,2,5-10,23H2,(H2,24,32)(H,26,33)(H,28,31)(H2,25,27,29,30). The smallest absolute Gasteiger partial charge is 0.235 e. The minimum Gasteiger partial charge on any atom is -0.369 e. The Bertz CT molecular complexity index is 1030. The van der Waals surface area contributed by atoms with E-state index in [4.69, 9.17) is 11.5 Å². The molecule has 0 aliphatic heterocycles. The van der Waals surface area contributed by atoms with Crippen LogP contribution in [0.5, 0.6) is 0 Å². The number of nitrogens with two attached hydrogens (primary N) is 2. The van der Waals surface area contributed by atoms with Gasteiger partial charge in [0.15, 0.2) is 0 Å². The molecule has 1 aromatic heterocycles. The number of anilines is 4. The van der Waals surface area contributed by atoms with E-state index < -0.39 is 11.3 Å². The summed E-state index contributed by atoms with van der Waals surface area (Å²) < 4.78 is 0.686. The Morgan fingerprint density at radius 1 is 1.15 bits per heavy atom. The Morgan fingerprint density at radius 2 is 1.91 bits per heavy atom. The molecule has 0 bridgehead atoms. The number of carbonyl (C=O) groups excluding carboxylic acids is 3. The molecule has 1 saturated carbocycles. The number of nitrogens with one attached hydrogen (secondary N) is 4. The highest BCUT2D eigenvalue weighted by Gasteiger charge is 2.55. The second-order valence-electron chi connectivity index (χ2n) is 7.67. The summed E-state index contributed by atoms with van der Waals surface area (Å²) in [5.41, 5.74) is 11.1. The lowest BCUT2D eigenvalue weighted by molar-refractivity contribution is -0.135. The summed E-state index contributed by atoms with van der Waals surface area (Å²) >= 11 is 3.42. The van der Waals surface area contributed by atoms with Crippen molar-refractivity contribution in [3.63, 3.8) is 0 Å². The van der Waals surface area contributed by atoms with Gasteiger partial charge in [0.05, 0.1) is 4.47 Å². The summed E-state index contributed by atoms with van der Waals surface area (Å²) in [5, 5.41) is 11.8. The average molecular weight is 519 g/mol. The van der Waals surface area contributed by atoms with Crippen molar-refractivity contribution in [2.45, 2.75) is 25.7 Å². The molecule has 176 valence electrons. The number of amides is 3. The first-order valence-electron chi connectivity index (χ1n) is 10.6. The second-order valence-corrected chi connectivity index (χ2v) is 8.52. The molecule has 0 spiro atoms. The summed E-state index contributed by atoms with van der Waals surface area (Å²) in [4.78, 5) is 43.9. The van der Waals surface area contributed by atoms with Crippen molar-refractivity contribution in [3.05, 3.63) is 34.9 Å². The molecule has 3 amide bonds. The highest BCUT2D eigenvalue weighted by Crippen LogP contribution is 2.45. The molecule has 12 heteroatoms. The van der Waals surface area contributed by atoms with Crippen molar-refractivity contribution in [2.24, 2.45) is 16.9 Å². The minimum atomic E-state index is -1.01. The molecule has 11 nitrogen and oxygen atoms in total. The molecular formula is C21H27BrN8O3. The predicted octanol–water partition coefficient (Wildman–Crippen LogP) is 1.45. The van der Waals surface area contributed by atoms with Crippen LogP contribution in [0.1, 0.15) is 25.7 Å². The molecule has 0 unspecified atom stereocenters. The number of halogens is 1. The van der Waals surface area contributed by atoms with Gasteiger partial charge < -0.3 is 32.7 Å². The fourth-order valence-corrected chi connectivity index (χ4v) is 3.42. The summed E-state index contributed by atoms with van der Waals surface area (Å²) in [5.74, 6) is -0.0598. The molecule has 0 atom stereocenters. The zero-order valence-electron chi connectivity index (χ0n) is 18.0. The first-order valence-corrected chi connectivity index (χ1v) is 11.3. The molecule has 1 heterocycles. The van der Waals surface area contributed by atoms with E-state index in [2.05, 4.69) is 47.2 Å². The predicted molar refractivity (Wildman–Crippen MR) is 129 cm³/mol. The van der Waals surface area contributed by atoms with Gasteiger partial charge in [0.1, 0.15) is 11.2 Å². The third-order valence-corrected chi connectivity index (χ3v) is 5.69. The molecule has 1 fully saturated rings. The maximum absolute atomic E-state index is 12.1. The van der Waals surface area contributed by atoms with E-state index in [0.717, 1.165) is 0 Å². The maximum atomic E-state index is 12.1. The van der Waals surface area contributed by atoms with Gasteiger partial charge in [-0.15, -0.1) is 0 Å². The maximum Gasteiger partial charge on any atom is 0.235 e. The fraction of sp³-hybridized carbons (Fsp3) is 0.381. The van der Waals surface area contributed by atoms with Crippen LogP contribution in [-0.4, -0.2) is 47.3 Å². The van der Waals surface area contributed by atoms with Crippen LogP contribution in [-0.2, 0) is 14.4 Å². The highest BCUT2D eigenvalue weighted by atomic mass is 79.9. The van der Waals surface area contributed by atoms with Crippen LogP contribution in [0.15, 0.2) is 34.9 Å². The molecule has 1 aliphatic carbocycles. The topological polar surface area (TPSA) is 177 Å². The van der Waals surface area contributed by atoms with Gasteiger partial charge in [-0.1, -0.05) is 6.07 Å². The first kappa shape index (κ1) is 24.4. The largest absolute Gasteiger partial charge is 0.369 e. The van der Waals surface area contributed by atoms with Crippen LogP contribution in [0.2, 0.25) is 0 Å². The van der Waals surface area contributed by atoms with Crippen LogP contribution >= 0.6 is 15.9 Å². The van der Waals surface area contributed by atoms with Crippen molar-refractivity contribution < 1.29 is 14.4 Å². The monoisotopic (exact) mass is 518 g/mol. The Morgan fingerprint density at radius 3 is 2.61 bits per heavy atom. The van der Waals surface area contributed by atoms with E-state index in [0.29, 0.717) is 60.0 Å². The van der Waals surface area contributed by atoms with Crippen molar-refractivity contribution in [3.8, 4) is 0 Å². The van der Waals surface area contributed by atoms with E-state index >= 15 is 0 Å². The molecule has 1 aromatic carbocycles. The number of primary amides is 1. The van der Waals surface area contributed by atoms with Gasteiger partial charge in [-0.3, -0.25) is 14.4 Å². The average Bonchev–Trinajstić information content (AvgIpc) is 3.58. The van der Waals surface area contributed by atoms with Crippen LogP contribution in [0, 0.1) is 5.41 Å².